The van der Waals surface area contributed by atoms with Crippen LogP contribution in [0.2, 0.25) is 0 Å². The second kappa shape index (κ2) is 3.95. The maximum absolute atomic E-state index is 4.44. The van der Waals surface area contributed by atoms with Gasteiger partial charge in [0.05, 0.1) is 5.54 Å². The van der Waals surface area contributed by atoms with Crippen LogP contribution < -0.4 is 5.32 Å². The molecule has 0 aliphatic carbocycles. The van der Waals surface area contributed by atoms with Crippen LogP contribution in [0.15, 0.2) is 30.5 Å². The molecule has 2 aromatic rings. The van der Waals surface area contributed by atoms with Crippen LogP contribution in [0.1, 0.15) is 25.1 Å². The predicted octanol–water partition coefficient (Wildman–Crippen LogP) is 4.32. The van der Waals surface area contributed by atoms with Crippen molar-refractivity contribution < 1.29 is 0 Å². The number of fused-ring (bicyclic) bond motifs is 3. The number of halogens is 1. The van der Waals surface area contributed by atoms with Crippen LogP contribution in [-0.4, -0.2) is 4.98 Å². The smallest absolute Gasteiger partial charge is 0.0593 e. The molecule has 2 nitrogen and oxygen atoms in total. The molecule has 0 bridgehead atoms. The van der Waals surface area contributed by atoms with E-state index in [2.05, 4.69) is 77.9 Å². The average Bonchev–Trinajstić information content (AvgIpc) is 2.27. The molecular weight excluding hydrogens is 335 g/mol. The molecule has 3 rings (SSSR count). The van der Waals surface area contributed by atoms with E-state index in [1.165, 1.54) is 25.9 Å². The van der Waals surface area contributed by atoms with E-state index >= 15 is 0 Å². The fourth-order valence-corrected chi connectivity index (χ4v) is 3.32. The highest BCUT2D eigenvalue weighted by Crippen LogP contribution is 2.44. The Kier molecular flexibility index (Phi) is 2.62. The van der Waals surface area contributed by atoms with Gasteiger partial charge in [0.2, 0.25) is 0 Å². The van der Waals surface area contributed by atoms with Gasteiger partial charge in [-0.2, -0.15) is 0 Å². The first-order valence-electron chi connectivity index (χ1n) is 6.03. The Morgan fingerprint density at radius 3 is 2.72 bits per heavy atom. The molecule has 0 saturated carbocycles. The van der Waals surface area contributed by atoms with E-state index in [1.54, 1.807) is 0 Å². The Labute approximate surface area is 121 Å². The molecule has 1 aromatic carbocycles. The van der Waals surface area contributed by atoms with Crippen LogP contribution in [0, 0.1) is 10.5 Å². The molecule has 1 aromatic heterocycles. The summed E-state index contributed by atoms with van der Waals surface area (Å²) in [7, 11) is 0. The molecule has 0 amide bonds. The largest absolute Gasteiger partial charge is 0.375 e. The summed E-state index contributed by atoms with van der Waals surface area (Å²) in [6.45, 7) is 6.51. The minimum Gasteiger partial charge on any atom is -0.375 e. The lowest BCUT2D eigenvalue weighted by atomic mass is 9.82. The first kappa shape index (κ1) is 12.0. The number of hydrogen-bond donors (Lipinski definition) is 1. The Morgan fingerprint density at radius 2 is 1.94 bits per heavy atom. The zero-order valence-corrected chi connectivity index (χ0v) is 12.9. The van der Waals surface area contributed by atoms with Gasteiger partial charge in [-0.05, 0) is 67.1 Å². The number of anilines is 1. The van der Waals surface area contributed by atoms with E-state index in [-0.39, 0.29) is 5.54 Å². The van der Waals surface area contributed by atoms with Crippen LogP contribution in [0.25, 0.3) is 11.1 Å². The van der Waals surface area contributed by atoms with Gasteiger partial charge in [-0.1, -0.05) is 6.07 Å². The summed E-state index contributed by atoms with van der Waals surface area (Å²) in [6.07, 6.45) is 1.90. The van der Waals surface area contributed by atoms with Crippen molar-refractivity contribution in [2.75, 3.05) is 5.32 Å². The van der Waals surface area contributed by atoms with Crippen LogP contribution >= 0.6 is 22.6 Å². The topological polar surface area (TPSA) is 24.9 Å². The van der Waals surface area contributed by atoms with Crippen molar-refractivity contribution in [2.45, 2.75) is 26.3 Å². The molecule has 1 aliphatic rings. The normalized spacial score (nSPS) is 15.6. The van der Waals surface area contributed by atoms with Crippen molar-refractivity contribution in [3.05, 3.63) is 45.3 Å². The molecule has 1 N–H and O–H groups in total. The van der Waals surface area contributed by atoms with Gasteiger partial charge in [0.1, 0.15) is 0 Å². The van der Waals surface area contributed by atoms with Gasteiger partial charge >= 0.3 is 0 Å². The third kappa shape index (κ3) is 1.72. The minimum absolute atomic E-state index is 0.0783. The van der Waals surface area contributed by atoms with Crippen molar-refractivity contribution in [3.8, 4) is 11.1 Å². The summed E-state index contributed by atoms with van der Waals surface area (Å²) in [5.74, 6) is 0. The molecule has 18 heavy (non-hydrogen) atoms. The molecule has 0 radical (unpaired) electrons. The summed E-state index contributed by atoms with van der Waals surface area (Å²) < 4.78 is 1.25. The molecule has 0 saturated heterocycles. The molecular formula is C15H15IN2. The van der Waals surface area contributed by atoms with Gasteiger partial charge in [-0.15, -0.1) is 0 Å². The summed E-state index contributed by atoms with van der Waals surface area (Å²) in [5.41, 5.74) is 6.12. The molecule has 0 spiro atoms. The lowest BCUT2D eigenvalue weighted by molar-refractivity contribution is 0.597. The van der Waals surface area contributed by atoms with E-state index in [9.17, 15) is 0 Å². The van der Waals surface area contributed by atoms with Crippen LogP contribution in [0.5, 0.6) is 0 Å². The summed E-state index contributed by atoms with van der Waals surface area (Å²) in [5, 5.41) is 3.63. The van der Waals surface area contributed by atoms with Crippen molar-refractivity contribution in [1.82, 2.24) is 4.98 Å². The van der Waals surface area contributed by atoms with E-state index in [0.717, 1.165) is 5.69 Å². The van der Waals surface area contributed by atoms with E-state index in [4.69, 9.17) is 0 Å². The van der Waals surface area contributed by atoms with Gasteiger partial charge in [-0.25, -0.2) is 0 Å². The van der Waals surface area contributed by atoms with Gasteiger partial charge in [0, 0.05) is 32.3 Å². The summed E-state index contributed by atoms with van der Waals surface area (Å²) in [6, 6.07) is 8.67. The summed E-state index contributed by atoms with van der Waals surface area (Å²) >= 11 is 2.35. The van der Waals surface area contributed by atoms with Gasteiger partial charge in [0.15, 0.2) is 0 Å². The fourth-order valence-electron chi connectivity index (χ4n) is 2.83. The Bertz CT molecular complexity index is 632. The minimum atomic E-state index is -0.0783. The predicted molar refractivity (Wildman–Crippen MR) is 83.8 cm³/mol. The second-order valence-electron chi connectivity index (χ2n) is 5.26. The van der Waals surface area contributed by atoms with Crippen LogP contribution in [0.4, 0.5) is 5.69 Å². The number of nitrogens with one attached hydrogen (secondary N) is 1. The van der Waals surface area contributed by atoms with Crippen LogP contribution in [-0.2, 0) is 5.54 Å². The average molecular weight is 350 g/mol. The third-order valence-electron chi connectivity index (χ3n) is 3.48. The standard InChI is InChI=1S/C15H15IN2/c1-9-14-12(6-7-17-9)11-5-4-10(16)8-13(11)18-15(14,2)3/h4-8,18H,1-3H3. The second-order valence-corrected chi connectivity index (χ2v) is 6.50. The molecule has 92 valence electrons. The molecule has 2 heterocycles. The number of nitrogens with zero attached hydrogens (tertiary/aromatic N) is 1. The highest BCUT2D eigenvalue weighted by molar-refractivity contribution is 14.1. The highest BCUT2D eigenvalue weighted by atomic mass is 127. The Morgan fingerprint density at radius 1 is 1.17 bits per heavy atom. The maximum atomic E-state index is 4.44. The van der Waals surface area contributed by atoms with E-state index in [1.807, 2.05) is 6.20 Å². The van der Waals surface area contributed by atoms with Crippen molar-refractivity contribution in [1.29, 1.82) is 0 Å². The quantitative estimate of drug-likeness (QED) is 0.716. The molecule has 1 aliphatic heterocycles. The number of aryl methyl sites for hydroxylation is 1. The highest BCUT2D eigenvalue weighted by Gasteiger charge is 2.31. The van der Waals surface area contributed by atoms with Gasteiger partial charge in [0.25, 0.3) is 0 Å². The first-order chi connectivity index (χ1) is 8.49. The maximum Gasteiger partial charge on any atom is 0.0593 e. The number of rotatable bonds is 0. The van der Waals surface area contributed by atoms with Gasteiger partial charge < -0.3 is 5.32 Å². The number of pyridine rings is 1. The van der Waals surface area contributed by atoms with Gasteiger partial charge in [-0.3, -0.25) is 4.98 Å². The molecule has 0 atom stereocenters. The van der Waals surface area contributed by atoms with Crippen molar-refractivity contribution >= 4 is 28.3 Å². The zero-order chi connectivity index (χ0) is 12.9. The number of aromatic nitrogens is 1. The number of hydrogen-bond acceptors (Lipinski definition) is 2. The Balaban J connectivity index is 2.35. The Hall–Kier alpha value is -1.10. The lowest BCUT2D eigenvalue weighted by Crippen LogP contribution is -2.33. The summed E-state index contributed by atoms with van der Waals surface area (Å²) in [4.78, 5) is 4.44. The van der Waals surface area contributed by atoms with E-state index < -0.39 is 0 Å². The van der Waals surface area contributed by atoms with E-state index in [0.29, 0.717) is 0 Å². The zero-order valence-electron chi connectivity index (χ0n) is 10.7. The van der Waals surface area contributed by atoms with Crippen LogP contribution in [0.3, 0.4) is 0 Å². The van der Waals surface area contributed by atoms with Crippen molar-refractivity contribution in [2.24, 2.45) is 0 Å². The first-order valence-corrected chi connectivity index (χ1v) is 7.11. The molecule has 3 heteroatoms. The third-order valence-corrected chi connectivity index (χ3v) is 4.16. The lowest BCUT2D eigenvalue weighted by Gasteiger charge is -2.37. The van der Waals surface area contributed by atoms with Crippen molar-refractivity contribution in [3.63, 3.8) is 0 Å². The molecule has 0 unspecified atom stereocenters. The molecule has 0 fully saturated rings. The fraction of sp³-hybridized carbons (Fsp3) is 0.267. The number of benzene rings is 1. The monoisotopic (exact) mass is 350 g/mol. The SMILES string of the molecule is Cc1nccc2c1C(C)(C)Nc1cc(I)ccc1-2.